The number of nitrogens with zero attached hydrogens (tertiary/aromatic N) is 3. The molecule has 3 aromatic rings. The maximum absolute atomic E-state index is 13.2. The lowest BCUT2D eigenvalue weighted by Crippen LogP contribution is -2.21. The fraction of sp³-hybridized carbons (Fsp3) is 0.300. The van der Waals surface area contributed by atoms with Crippen LogP contribution in [0.1, 0.15) is 21.9 Å². The molecule has 4 nitrogen and oxygen atoms in total. The maximum Gasteiger partial charge on any atom is 0.408 e. The number of hydrogen-bond acceptors (Lipinski definition) is 4. The Hall–Kier alpha value is -2.19. The summed E-state index contributed by atoms with van der Waals surface area (Å²) in [6, 6.07) is 11.0. The average Bonchev–Trinajstić information content (AvgIpc) is 2.85. The molecule has 1 unspecified atom stereocenters. The van der Waals surface area contributed by atoms with Gasteiger partial charge in [-0.15, -0.1) is 11.8 Å². The predicted octanol–water partition coefficient (Wildman–Crippen LogP) is 5.72. The highest BCUT2D eigenvalue weighted by molar-refractivity contribution is 7.99. The van der Waals surface area contributed by atoms with Gasteiger partial charge >= 0.3 is 6.18 Å². The van der Waals surface area contributed by atoms with Crippen LogP contribution in [-0.2, 0) is 6.54 Å². The molecule has 1 aliphatic rings. The third-order valence-corrected chi connectivity index (χ3v) is 6.18. The van der Waals surface area contributed by atoms with E-state index in [0.717, 1.165) is 27.1 Å². The maximum atomic E-state index is 13.2. The van der Waals surface area contributed by atoms with E-state index < -0.39 is 12.7 Å². The summed E-state index contributed by atoms with van der Waals surface area (Å²) in [4.78, 5) is 4.35. The van der Waals surface area contributed by atoms with Gasteiger partial charge in [-0.25, -0.2) is 4.68 Å². The highest BCUT2D eigenvalue weighted by Crippen LogP contribution is 2.47. The monoisotopic (exact) mass is 438 g/mol. The van der Waals surface area contributed by atoms with E-state index in [9.17, 15) is 13.2 Å². The quantitative estimate of drug-likeness (QED) is 0.568. The minimum Gasteiger partial charge on any atom is -0.369 e. The van der Waals surface area contributed by atoms with Crippen molar-refractivity contribution in [3.63, 3.8) is 0 Å². The normalized spacial score (nSPS) is 16.8. The van der Waals surface area contributed by atoms with Crippen LogP contribution < -0.4 is 5.32 Å². The van der Waals surface area contributed by atoms with Crippen molar-refractivity contribution in [3.05, 3.63) is 64.3 Å². The van der Waals surface area contributed by atoms with Crippen LogP contribution in [0.5, 0.6) is 0 Å². The van der Waals surface area contributed by atoms with Gasteiger partial charge < -0.3 is 5.32 Å². The molecule has 1 atom stereocenters. The van der Waals surface area contributed by atoms with E-state index in [-0.39, 0.29) is 5.25 Å². The molecular weight excluding hydrogens is 421 g/mol. The smallest absolute Gasteiger partial charge is 0.369 e. The van der Waals surface area contributed by atoms with Gasteiger partial charge in [-0.2, -0.15) is 18.3 Å². The van der Waals surface area contributed by atoms with Crippen molar-refractivity contribution in [1.29, 1.82) is 0 Å². The first-order valence-electron chi connectivity index (χ1n) is 9.04. The number of alkyl halides is 3. The molecule has 0 spiro atoms. The molecule has 1 aliphatic heterocycles. The molecule has 0 saturated carbocycles. The van der Waals surface area contributed by atoms with Gasteiger partial charge in [-0.1, -0.05) is 23.7 Å². The SMILES string of the molecule is Cc1cc(Cl)ccc1C1SCCNc2c1c(-c1ccccn1)nn2CC(F)(F)F. The molecule has 2 aromatic heterocycles. The van der Waals surface area contributed by atoms with Crippen LogP contribution in [0.2, 0.25) is 5.02 Å². The minimum atomic E-state index is -4.38. The van der Waals surface area contributed by atoms with Gasteiger partial charge in [0.1, 0.15) is 18.1 Å². The zero-order chi connectivity index (χ0) is 20.6. The number of aryl methyl sites for hydroxylation is 1. The van der Waals surface area contributed by atoms with E-state index >= 15 is 0 Å². The Morgan fingerprint density at radius 3 is 2.79 bits per heavy atom. The van der Waals surface area contributed by atoms with Gasteiger partial charge in [0.15, 0.2) is 0 Å². The second kappa shape index (κ2) is 7.91. The standard InChI is InChI=1S/C20H18ClF3N4S/c1-12-10-13(21)5-6-14(12)18-16-17(15-4-2-3-7-25-15)27-28(11-20(22,23)24)19(16)26-8-9-29-18/h2-7,10,18,26H,8-9,11H2,1H3. The Labute approximate surface area is 175 Å². The fourth-order valence-electron chi connectivity index (χ4n) is 3.49. The molecule has 0 fully saturated rings. The Balaban J connectivity index is 1.93. The highest BCUT2D eigenvalue weighted by Gasteiger charge is 2.35. The molecule has 3 heterocycles. The summed E-state index contributed by atoms with van der Waals surface area (Å²) in [5, 5.41) is 7.95. The second-order valence-electron chi connectivity index (χ2n) is 6.78. The van der Waals surface area contributed by atoms with E-state index in [2.05, 4.69) is 15.4 Å². The first-order chi connectivity index (χ1) is 13.8. The highest BCUT2D eigenvalue weighted by atomic mass is 35.5. The van der Waals surface area contributed by atoms with E-state index in [0.29, 0.717) is 28.8 Å². The Morgan fingerprint density at radius 1 is 1.28 bits per heavy atom. The number of thioether (sulfide) groups is 1. The van der Waals surface area contributed by atoms with Crippen LogP contribution in [-0.4, -0.2) is 33.2 Å². The molecular formula is C20H18ClF3N4S. The van der Waals surface area contributed by atoms with E-state index in [1.165, 1.54) is 0 Å². The van der Waals surface area contributed by atoms with E-state index in [4.69, 9.17) is 11.6 Å². The predicted molar refractivity (Wildman–Crippen MR) is 110 cm³/mol. The lowest BCUT2D eigenvalue weighted by Gasteiger charge is -2.19. The molecule has 9 heteroatoms. The molecule has 1 aromatic carbocycles. The van der Waals surface area contributed by atoms with Gasteiger partial charge in [-0.3, -0.25) is 4.98 Å². The number of benzene rings is 1. The van der Waals surface area contributed by atoms with Crippen molar-refractivity contribution in [1.82, 2.24) is 14.8 Å². The summed E-state index contributed by atoms with van der Waals surface area (Å²) >= 11 is 7.79. The van der Waals surface area contributed by atoms with Crippen molar-refractivity contribution < 1.29 is 13.2 Å². The van der Waals surface area contributed by atoms with Crippen LogP contribution in [0.15, 0.2) is 42.6 Å². The number of rotatable bonds is 3. The molecule has 0 bridgehead atoms. The molecule has 29 heavy (non-hydrogen) atoms. The van der Waals surface area contributed by atoms with Crippen molar-refractivity contribution in [2.24, 2.45) is 0 Å². The molecule has 4 rings (SSSR count). The van der Waals surface area contributed by atoms with Gasteiger partial charge in [0.2, 0.25) is 0 Å². The third-order valence-electron chi connectivity index (χ3n) is 4.68. The second-order valence-corrected chi connectivity index (χ2v) is 8.43. The fourth-order valence-corrected chi connectivity index (χ4v) is 5.01. The summed E-state index contributed by atoms with van der Waals surface area (Å²) in [6.07, 6.45) is -2.77. The number of hydrogen-bond donors (Lipinski definition) is 1. The Kier molecular flexibility index (Phi) is 5.48. The molecule has 152 valence electrons. The molecule has 0 amide bonds. The summed E-state index contributed by atoms with van der Waals surface area (Å²) in [5.41, 5.74) is 3.73. The van der Waals surface area contributed by atoms with Crippen LogP contribution in [0.4, 0.5) is 19.0 Å². The van der Waals surface area contributed by atoms with E-state index in [1.54, 1.807) is 36.2 Å². The Morgan fingerprint density at radius 2 is 2.10 bits per heavy atom. The molecule has 0 radical (unpaired) electrons. The summed E-state index contributed by atoms with van der Waals surface area (Å²) < 4.78 is 40.7. The summed E-state index contributed by atoms with van der Waals surface area (Å²) in [5.74, 6) is 1.14. The largest absolute Gasteiger partial charge is 0.408 e. The molecule has 0 aliphatic carbocycles. The number of aromatic nitrogens is 3. The van der Waals surface area contributed by atoms with Crippen molar-refractivity contribution in [3.8, 4) is 11.4 Å². The van der Waals surface area contributed by atoms with Gasteiger partial charge in [0.05, 0.1) is 10.9 Å². The third kappa shape index (κ3) is 4.23. The minimum absolute atomic E-state index is 0.184. The number of nitrogens with one attached hydrogen (secondary N) is 1. The lowest BCUT2D eigenvalue weighted by atomic mass is 9.98. The van der Waals surface area contributed by atoms with Crippen LogP contribution in [0.3, 0.4) is 0 Å². The topological polar surface area (TPSA) is 42.7 Å². The van der Waals surface area contributed by atoms with Crippen LogP contribution in [0.25, 0.3) is 11.4 Å². The van der Waals surface area contributed by atoms with E-state index in [1.807, 2.05) is 25.1 Å². The average molecular weight is 439 g/mol. The Bertz CT molecular complexity index is 1020. The number of fused-ring (bicyclic) bond motifs is 1. The van der Waals surface area contributed by atoms with Gasteiger partial charge in [0.25, 0.3) is 0 Å². The summed E-state index contributed by atoms with van der Waals surface area (Å²) in [7, 11) is 0. The van der Waals surface area contributed by atoms with Crippen molar-refractivity contribution in [2.45, 2.75) is 24.9 Å². The first kappa shape index (κ1) is 20.1. The zero-order valence-electron chi connectivity index (χ0n) is 15.5. The van der Waals surface area contributed by atoms with Crippen LogP contribution in [0, 0.1) is 6.92 Å². The summed E-state index contributed by atoms with van der Waals surface area (Å²) in [6.45, 7) is 1.35. The van der Waals surface area contributed by atoms with Gasteiger partial charge in [-0.05, 0) is 42.3 Å². The lowest BCUT2D eigenvalue weighted by molar-refractivity contribution is -0.142. The van der Waals surface area contributed by atoms with Gasteiger partial charge in [0, 0.05) is 29.1 Å². The van der Waals surface area contributed by atoms with Crippen molar-refractivity contribution >= 4 is 29.2 Å². The number of halogens is 4. The molecule has 0 saturated heterocycles. The zero-order valence-corrected chi connectivity index (χ0v) is 17.1. The number of anilines is 1. The molecule has 1 N–H and O–H groups in total. The first-order valence-corrected chi connectivity index (χ1v) is 10.5. The number of pyridine rings is 1. The van der Waals surface area contributed by atoms with Crippen molar-refractivity contribution in [2.75, 3.05) is 17.6 Å². The van der Waals surface area contributed by atoms with Crippen LogP contribution >= 0.6 is 23.4 Å².